The van der Waals surface area contributed by atoms with E-state index in [4.69, 9.17) is 17.3 Å². The Hall–Kier alpha value is -0.925. The molecule has 5 unspecified atom stereocenters. The van der Waals surface area contributed by atoms with E-state index in [9.17, 15) is 39.5 Å². The summed E-state index contributed by atoms with van der Waals surface area (Å²) in [5.41, 5.74) is -3.85. The lowest BCUT2D eigenvalue weighted by Crippen LogP contribution is -2.67. The van der Waals surface area contributed by atoms with Crippen molar-refractivity contribution >= 4 is 29.4 Å². The fourth-order valence-electron chi connectivity index (χ4n) is 8.08. The average Bonchev–Trinajstić information content (AvgIpc) is 3.33. The second kappa shape index (κ2) is 16.6. The second-order valence-electron chi connectivity index (χ2n) is 13.3. The highest BCUT2D eigenvalue weighted by molar-refractivity contribution is 8.76. The van der Waals surface area contributed by atoms with Crippen molar-refractivity contribution in [2.24, 2.45) is 17.3 Å². The van der Waals surface area contributed by atoms with E-state index in [2.05, 4.69) is 23.8 Å². The van der Waals surface area contributed by atoms with E-state index in [1.807, 2.05) is 27.7 Å². The molecule has 2 saturated carbocycles. The van der Waals surface area contributed by atoms with E-state index in [1.54, 1.807) is 0 Å². The van der Waals surface area contributed by atoms with Gasteiger partial charge in [-0.2, -0.15) is 39.5 Å². The van der Waals surface area contributed by atoms with Crippen LogP contribution in [0.2, 0.25) is 6.32 Å². The normalized spacial score (nSPS) is 26.2. The molecule has 3 aliphatic carbocycles. The van der Waals surface area contributed by atoms with E-state index in [1.165, 1.54) is 30.4 Å². The lowest BCUT2D eigenvalue weighted by molar-refractivity contribution is -0.457. The van der Waals surface area contributed by atoms with Gasteiger partial charge in [-0.1, -0.05) is 60.2 Å². The first kappa shape index (κ1) is 39.9. The Morgan fingerprint density at radius 3 is 2.17 bits per heavy atom. The molecule has 0 saturated heterocycles. The minimum absolute atomic E-state index is 0.240. The summed E-state index contributed by atoms with van der Waals surface area (Å²) in [5, 5.41) is 0. The van der Waals surface area contributed by atoms with Crippen molar-refractivity contribution in [3.63, 3.8) is 0 Å². The van der Waals surface area contributed by atoms with Crippen molar-refractivity contribution in [1.82, 2.24) is 0 Å². The Labute approximate surface area is 286 Å². The molecule has 4 rings (SSSR count). The number of ether oxygens (including phenoxy) is 3. The monoisotopic (exact) mass is 734 g/mol. The fourth-order valence-corrected chi connectivity index (χ4v) is 10.1. The van der Waals surface area contributed by atoms with E-state index in [0.717, 1.165) is 62.1 Å². The van der Waals surface area contributed by atoms with Crippen molar-refractivity contribution in [3.05, 3.63) is 29.3 Å². The van der Waals surface area contributed by atoms with Crippen LogP contribution in [-0.4, -0.2) is 69.4 Å². The van der Waals surface area contributed by atoms with Crippen molar-refractivity contribution < 1.29 is 53.7 Å². The third-order valence-electron chi connectivity index (χ3n) is 10.4. The molecule has 0 aromatic heterocycles. The molecule has 3 nitrogen and oxygen atoms in total. The van der Waals surface area contributed by atoms with E-state index in [-0.39, 0.29) is 18.1 Å². The first-order valence-electron chi connectivity index (χ1n) is 16.7. The Morgan fingerprint density at radius 1 is 0.792 bits per heavy atom. The van der Waals surface area contributed by atoms with Gasteiger partial charge in [0.25, 0.3) is 0 Å². The summed E-state index contributed by atoms with van der Waals surface area (Å²) in [7, 11) is 9.23. The molecule has 2 radical (unpaired) electrons. The average molecular weight is 735 g/mol. The van der Waals surface area contributed by atoms with Crippen LogP contribution in [0.1, 0.15) is 88.2 Å². The van der Waals surface area contributed by atoms with E-state index in [0.29, 0.717) is 30.8 Å². The summed E-state index contributed by atoms with van der Waals surface area (Å²) < 4.78 is 134. The predicted molar refractivity (Wildman–Crippen MR) is 172 cm³/mol. The Balaban J connectivity index is 1.24. The van der Waals surface area contributed by atoms with Crippen LogP contribution in [0.3, 0.4) is 0 Å². The zero-order valence-electron chi connectivity index (χ0n) is 27.1. The minimum Gasteiger partial charge on any atom is -0.493 e. The number of hydrogen-bond acceptors (Lipinski definition) is 5. The smallest absolute Gasteiger partial charge is 0.435 e. The molecule has 0 bridgehead atoms. The molecule has 15 heteroatoms. The number of alkyl halides is 9. The molecule has 48 heavy (non-hydrogen) atoms. The third kappa shape index (κ3) is 8.74. The molecule has 0 spiro atoms. The quantitative estimate of drug-likeness (QED) is 0.0688. The molecule has 1 aromatic carbocycles. The van der Waals surface area contributed by atoms with Gasteiger partial charge in [-0.25, -0.2) is 0 Å². The Kier molecular flexibility index (Phi) is 13.8. The van der Waals surface area contributed by atoms with Gasteiger partial charge in [0.1, 0.15) is 5.75 Å². The standard InChI is InChI=1S/C33H44BF9O3S2/c1-29-14-13-25-24-10-8-23(44-18-20-48-47-19-5-3-2-4-15-34)21-22(24)7-9-26(25)27(29)11-12-28(29)45-16-6-17-46-30(31(35,36)37,32(38,39)40)33(41,42)43/h8,10,21,25-28H,2-7,9,11-20H2,1H3. The minimum atomic E-state index is -6.73. The maximum atomic E-state index is 13.1. The molecule has 1 aromatic rings. The van der Waals surface area contributed by atoms with Crippen LogP contribution in [0.15, 0.2) is 18.2 Å². The van der Waals surface area contributed by atoms with Gasteiger partial charge in [-0.05, 0) is 97.8 Å². The highest BCUT2D eigenvalue weighted by atomic mass is 33.1. The van der Waals surface area contributed by atoms with Crippen LogP contribution < -0.4 is 4.74 Å². The second-order valence-corrected chi connectivity index (χ2v) is 16.0. The molecule has 2 fully saturated rings. The van der Waals surface area contributed by atoms with Crippen molar-refractivity contribution in [2.45, 2.75) is 120 Å². The molecule has 0 aliphatic heterocycles. The van der Waals surface area contributed by atoms with Crippen LogP contribution in [0.25, 0.3) is 0 Å². The lowest BCUT2D eigenvalue weighted by Gasteiger charge is -2.50. The highest BCUT2D eigenvalue weighted by Crippen LogP contribution is 2.62. The van der Waals surface area contributed by atoms with Gasteiger partial charge in [0.05, 0.1) is 27.2 Å². The lowest BCUT2D eigenvalue weighted by atomic mass is 9.55. The van der Waals surface area contributed by atoms with Crippen LogP contribution in [0.4, 0.5) is 39.5 Å². The van der Waals surface area contributed by atoms with Gasteiger partial charge in [-0.15, -0.1) is 0 Å². The van der Waals surface area contributed by atoms with Crippen LogP contribution in [0, 0.1) is 17.3 Å². The van der Waals surface area contributed by atoms with Crippen LogP contribution in [0.5, 0.6) is 5.75 Å². The molecule has 0 amide bonds. The number of aryl methyl sites for hydroxylation is 1. The first-order valence-corrected chi connectivity index (χ1v) is 19.2. The van der Waals surface area contributed by atoms with Gasteiger partial charge >= 0.3 is 24.1 Å². The predicted octanol–water partition coefficient (Wildman–Crippen LogP) is 10.7. The summed E-state index contributed by atoms with van der Waals surface area (Å²) in [6.45, 7) is 1.04. The van der Waals surface area contributed by atoms with Crippen molar-refractivity contribution in [3.8, 4) is 5.75 Å². The van der Waals surface area contributed by atoms with Gasteiger partial charge in [0.2, 0.25) is 0 Å². The first-order chi connectivity index (χ1) is 22.6. The Morgan fingerprint density at radius 2 is 1.48 bits per heavy atom. The summed E-state index contributed by atoms with van der Waals surface area (Å²) in [4.78, 5) is 0. The van der Waals surface area contributed by atoms with Crippen molar-refractivity contribution in [1.29, 1.82) is 0 Å². The number of halogens is 9. The van der Waals surface area contributed by atoms with Crippen LogP contribution in [-0.2, 0) is 15.9 Å². The molecule has 0 heterocycles. The zero-order valence-corrected chi connectivity index (χ0v) is 28.7. The van der Waals surface area contributed by atoms with E-state index >= 15 is 0 Å². The molecule has 5 atom stereocenters. The highest BCUT2D eigenvalue weighted by Gasteiger charge is 2.85. The topological polar surface area (TPSA) is 27.7 Å². The van der Waals surface area contributed by atoms with Gasteiger partial charge in [-0.3, -0.25) is 0 Å². The van der Waals surface area contributed by atoms with Gasteiger partial charge in [0.15, 0.2) is 0 Å². The number of unbranched alkanes of at least 4 members (excludes halogenated alkanes) is 3. The van der Waals surface area contributed by atoms with Crippen molar-refractivity contribution in [2.75, 3.05) is 31.3 Å². The molecular formula is C33H44BF9O3S2. The zero-order chi connectivity index (χ0) is 35.2. The third-order valence-corrected chi connectivity index (χ3v) is 12.9. The van der Waals surface area contributed by atoms with Crippen LogP contribution >= 0.6 is 21.6 Å². The fraction of sp³-hybridized carbons (Fsp3) is 0.818. The number of rotatable bonds is 17. The maximum Gasteiger partial charge on any atom is 0.435 e. The molecular weight excluding hydrogens is 690 g/mol. The molecule has 3 aliphatic rings. The van der Waals surface area contributed by atoms with E-state index < -0.39 is 37.2 Å². The number of fused-ring (bicyclic) bond motifs is 5. The summed E-state index contributed by atoms with van der Waals surface area (Å²) in [6.07, 6.45) is -10.4. The summed E-state index contributed by atoms with van der Waals surface area (Å²) >= 11 is 0. The van der Waals surface area contributed by atoms with Gasteiger partial charge < -0.3 is 14.2 Å². The van der Waals surface area contributed by atoms with Gasteiger partial charge in [0, 0.05) is 18.1 Å². The molecule has 272 valence electrons. The molecule has 0 N–H and O–H groups in total. The SMILES string of the molecule is [B]CCCCCCSSCCOc1ccc2c(c1)CCC1C2CCC2(C)C(OCCCOC(C(F)(F)F)(C(F)(F)F)C(F)(F)F)CCC12. The summed E-state index contributed by atoms with van der Waals surface area (Å²) in [6, 6.07) is 6.37. The maximum absolute atomic E-state index is 13.1. The summed E-state index contributed by atoms with van der Waals surface area (Å²) in [5.74, 6) is 4.02. The number of benzene rings is 1. The Bertz CT molecular complexity index is 1130. The number of hydrogen-bond donors (Lipinski definition) is 0. The largest absolute Gasteiger partial charge is 0.493 e.